The van der Waals surface area contributed by atoms with Gasteiger partial charge in [0.15, 0.2) is 0 Å². The van der Waals surface area contributed by atoms with E-state index in [2.05, 4.69) is 5.32 Å². The summed E-state index contributed by atoms with van der Waals surface area (Å²) in [6.07, 6.45) is 0.0951. The molecule has 0 bridgehead atoms. The Morgan fingerprint density at radius 2 is 1.88 bits per heavy atom. The maximum Gasteiger partial charge on any atom is 0.410 e. The van der Waals surface area contributed by atoms with Crippen molar-refractivity contribution in [2.24, 2.45) is 0 Å². The molecule has 4 amide bonds. The van der Waals surface area contributed by atoms with Crippen molar-refractivity contribution >= 4 is 23.8 Å². The summed E-state index contributed by atoms with van der Waals surface area (Å²) in [7, 11) is 0. The third-order valence-electron chi connectivity index (χ3n) is 6.35. The fourth-order valence-corrected chi connectivity index (χ4v) is 4.60. The maximum atomic E-state index is 15.1. The molecule has 0 aliphatic carbocycles. The molecule has 0 saturated carbocycles. The Morgan fingerprint density at radius 3 is 2.48 bits per heavy atom. The average molecular weight is 461 g/mol. The zero-order chi connectivity index (χ0) is 24.1. The van der Waals surface area contributed by atoms with Gasteiger partial charge >= 0.3 is 6.09 Å². The fraction of sp³-hybridized carbons (Fsp3) is 0.565. The van der Waals surface area contributed by atoms with Crippen LogP contribution in [0.5, 0.6) is 0 Å². The van der Waals surface area contributed by atoms with E-state index in [0.717, 1.165) is 6.07 Å². The molecule has 9 nitrogen and oxygen atoms in total. The van der Waals surface area contributed by atoms with E-state index >= 15 is 4.39 Å². The molecule has 3 aliphatic rings. The summed E-state index contributed by atoms with van der Waals surface area (Å²) in [6, 6.07) is 1.79. The van der Waals surface area contributed by atoms with Gasteiger partial charge in [0.1, 0.15) is 17.5 Å². The first kappa shape index (κ1) is 23.2. The van der Waals surface area contributed by atoms with E-state index in [1.165, 1.54) is 15.9 Å². The summed E-state index contributed by atoms with van der Waals surface area (Å²) in [5.41, 5.74) is -1.40. The van der Waals surface area contributed by atoms with E-state index in [-0.39, 0.29) is 62.4 Å². The van der Waals surface area contributed by atoms with Crippen molar-refractivity contribution in [2.45, 2.75) is 70.2 Å². The lowest BCUT2D eigenvalue weighted by Crippen LogP contribution is -2.52. The predicted octanol–water partition coefficient (Wildman–Crippen LogP) is 1.81. The summed E-state index contributed by atoms with van der Waals surface area (Å²) < 4.78 is 20.4. The molecule has 33 heavy (non-hydrogen) atoms. The highest BCUT2D eigenvalue weighted by molar-refractivity contribution is 6.05. The Morgan fingerprint density at radius 1 is 1.21 bits per heavy atom. The molecule has 4 rings (SSSR count). The molecule has 1 aromatic rings. The van der Waals surface area contributed by atoms with E-state index in [1.54, 1.807) is 20.8 Å². The number of benzene rings is 1. The second-order valence-electron chi connectivity index (χ2n) is 9.89. The summed E-state index contributed by atoms with van der Waals surface area (Å²) in [5.74, 6) is -2.10. The van der Waals surface area contributed by atoms with Crippen LogP contribution >= 0.6 is 0 Å². The number of nitrogens with one attached hydrogen (secondary N) is 1. The number of ether oxygens (including phenoxy) is 1. The molecular formula is C23H28FN3O6. The van der Waals surface area contributed by atoms with E-state index < -0.39 is 41.0 Å². The Hall–Kier alpha value is -3.01. The predicted molar refractivity (Wildman–Crippen MR) is 113 cm³/mol. The van der Waals surface area contributed by atoms with Gasteiger partial charge < -0.3 is 19.6 Å². The zero-order valence-corrected chi connectivity index (χ0v) is 18.9. The lowest BCUT2D eigenvalue weighted by Gasteiger charge is -2.39. The molecule has 3 aliphatic heterocycles. The minimum atomic E-state index is -1.50. The molecule has 10 heteroatoms. The smallest absolute Gasteiger partial charge is 0.410 e. The first-order valence-corrected chi connectivity index (χ1v) is 11.1. The lowest BCUT2D eigenvalue weighted by atomic mass is 9.83. The number of aliphatic hydroxyl groups is 1. The third kappa shape index (κ3) is 4.44. The monoisotopic (exact) mass is 461 g/mol. The molecule has 1 aromatic carbocycles. The average Bonchev–Trinajstić information content (AvgIpc) is 3.02. The minimum Gasteiger partial charge on any atom is -0.444 e. The molecular weight excluding hydrogens is 433 g/mol. The Kier molecular flexibility index (Phi) is 5.68. The minimum absolute atomic E-state index is 0.0722. The van der Waals surface area contributed by atoms with Crippen molar-refractivity contribution in [3.05, 3.63) is 34.6 Å². The van der Waals surface area contributed by atoms with Crippen molar-refractivity contribution in [1.29, 1.82) is 0 Å². The second kappa shape index (κ2) is 8.09. The molecule has 178 valence electrons. The first-order valence-electron chi connectivity index (χ1n) is 11.1. The van der Waals surface area contributed by atoms with E-state index in [0.29, 0.717) is 5.56 Å². The normalized spacial score (nSPS) is 22.8. The van der Waals surface area contributed by atoms with Gasteiger partial charge in [0, 0.05) is 37.2 Å². The number of amides is 4. The zero-order valence-electron chi connectivity index (χ0n) is 18.9. The number of rotatable bonds is 2. The van der Waals surface area contributed by atoms with Gasteiger partial charge in [-0.3, -0.25) is 19.7 Å². The quantitative estimate of drug-likeness (QED) is 0.649. The maximum absolute atomic E-state index is 15.1. The van der Waals surface area contributed by atoms with Crippen LogP contribution < -0.4 is 5.32 Å². The van der Waals surface area contributed by atoms with Crippen LogP contribution in [0.3, 0.4) is 0 Å². The van der Waals surface area contributed by atoms with Crippen molar-refractivity contribution < 1.29 is 33.4 Å². The van der Waals surface area contributed by atoms with Gasteiger partial charge in [-0.2, -0.15) is 0 Å². The summed E-state index contributed by atoms with van der Waals surface area (Å²) >= 11 is 0. The lowest BCUT2D eigenvalue weighted by molar-refractivity contribution is -0.136. The highest BCUT2D eigenvalue weighted by Gasteiger charge is 2.43. The number of hydrogen-bond acceptors (Lipinski definition) is 6. The summed E-state index contributed by atoms with van der Waals surface area (Å²) in [4.78, 5) is 51.6. The molecule has 1 unspecified atom stereocenters. The molecule has 1 atom stereocenters. The Balaban J connectivity index is 1.51. The summed E-state index contributed by atoms with van der Waals surface area (Å²) in [6.45, 7) is 5.79. The van der Waals surface area contributed by atoms with Gasteiger partial charge in [-0.1, -0.05) is 0 Å². The topological polar surface area (TPSA) is 116 Å². The molecule has 0 spiro atoms. The van der Waals surface area contributed by atoms with Gasteiger partial charge in [0.05, 0.1) is 5.60 Å². The largest absolute Gasteiger partial charge is 0.444 e. The van der Waals surface area contributed by atoms with Crippen LogP contribution in [-0.2, 0) is 26.5 Å². The SMILES string of the molecule is CC(C)(C)OC(=O)N1CCC(O)(c2cc3c(cc2F)C(=O)N(C2CCC(=O)NC2=O)C3)CC1. The van der Waals surface area contributed by atoms with Crippen molar-refractivity contribution in [1.82, 2.24) is 15.1 Å². The molecule has 3 heterocycles. The Labute approximate surface area is 190 Å². The van der Waals surface area contributed by atoms with Crippen molar-refractivity contribution in [3.8, 4) is 0 Å². The Bertz CT molecular complexity index is 1030. The van der Waals surface area contributed by atoms with E-state index in [9.17, 15) is 24.3 Å². The van der Waals surface area contributed by atoms with Gasteiger partial charge in [-0.25, -0.2) is 9.18 Å². The van der Waals surface area contributed by atoms with E-state index in [4.69, 9.17) is 4.74 Å². The van der Waals surface area contributed by atoms with Crippen molar-refractivity contribution in [3.63, 3.8) is 0 Å². The molecule has 2 fully saturated rings. The number of nitrogens with zero attached hydrogens (tertiary/aromatic N) is 2. The summed E-state index contributed by atoms with van der Waals surface area (Å²) in [5, 5.41) is 13.5. The number of piperidine rings is 2. The van der Waals surface area contributed by atoms with Crippen LogP contribution in [0.1, 0.15) is 67.9 Å². The van der Waals surface area contributed by atoms with Crippen LogP contribution in [0.4, 0.5) is 9.18 Å². The van der Waals surface area contributed by atoms with Gasteiger partial charge in [0.25, 0.3) is 5.91 Å². The van der Waals surface area contributed by atoms with Crippen LogP contribution in [0.15, 0.2) is 12.1 Å². The standard InChI is InChI=1S/C23H28FN3O6/c1-22(2,3)33-21(31)26-8-6-23(32,7-9-26)15-10-13-12-27(20(30)14(13)11-16(15)24)17-4-5-18(28)25-19(17)29/h10-11,17,32H,4-9,12H2,1-3H3,(H,25,28,29). The number of carbonyl (C=O) groups is 4. The van der Waals surface area contributed by atoms with Crippen LogP contribution in [0.2, 0.25) is 0 Å². The van der Waals surface area contributed by atoms with Gasteiger partial charge in [0.2, 0.25) is 11.8 Å². The number of hydrogen-bond donors (Lipinski definition) is 2. The second-order valence-corrected chi connectivity index (χ2v) is 9.89. The van der Waals surface area contributed by atoms with Crippen molar-refractivity contribution in [2.75, 3.05) is 13.1 Å². The third-order valence-corrected chi connectivity index (χ3v) is 6.35. The number of carbonyl (C=O) groups excluding carboxylic acids is 4. The highest BCUT2D eigenvalue weighted by atomic mass is 19.1. The number of likely N-dealkylation sites (tertiary alicyclic amines) is 1. The number of imide groups is 1. The highest BCUT2D eigenvalue weighted by Crippen LogP contribution is 2.38. The number of fused-ring (bicyclic) bond motifs is 1. The van der Waals surface area contributed by atoms with Crippen LogP contribution in [0, 0.1) is 5.82 Å². The molecule has 2 N–H and O–H groups in total. The van der Waals surface area contributed by atoms with Gasteiger partial charge in [-0.05, 0) is 57.7 Å². The van der Waals surface area contributed by atoms with Crippen LogP contribution in [0.25, 0.3) is 0 Å². The molecule has 2 saturated heterocycles. The van der Waals surface area contributed by atoms with Crippen LogP contribution in [-0.4, -0.2) is 63.5 Å². The van der Waals surface area contributed by atoms with E-state index in [1.807, 2.05) is 0 Å². The van der Waals surface area contributed by atoms with Gasteiger partial charge in [-0.15, -0.1) is 0 Å². The molecule has 0 radical (unpaired) electrons. The molecule has 0 aromatic heterocycles. The fourth-order valence-electron chi connectivity index (χ4n) is 4.60. The number of halogens is 1. The first-order chi connectivity index (χ1) is 15.4.